The number of benzene rings is 1. The van der Waals surface area contributed by atoms with Crippen molar-refractivity contribution in [2.24, 2.45) is 0 Å². The van der Waals surface area contributed by atoms with E-state index in [2.05, 4.69) is 10.2 Å². The van der Waals surface area contributed by atoms with E-state index < -0.39 is 6.09 Å². The average molecular weight is 513 g/mol. The molecule has 1 aromatic heterocycles. The maximum absolute atomic E-state index is 15.0. The second-order valence-corrected chi connectivity index (χ2v) is 10.3. The topological polar surface area (TPSA) is 48.0 Å². The van der Waals surface area contributed by atoms with Gasteiger partial charge in [0.25, 0.3) is 0 Å². The van der Waals surface area contributed by atoms with Crippen LogP contribution in [-0.2, 0) is 4.74 Å². The molecule has 0 saturated carbocycles. The molecule has 2 aliphatic rings. The number of anilines is 2. The number of carbonyl (C=O) groups is 1. The van der Waals surface area contributed by atoms with E-state index >= 15 is 0 Å². The van der Waals surface area contributed by atoms with Gasteiger partial charge in [0.2, 0.25) is 0 Å². The summed E-state index contributed by atoms with van der Waals surface area (Å²) in [6, 6.07) is 8.64. The Bertz CT molecular complexity index is 1040. The van der Waals surface area contributed by atoms with Crippen LogP contribution < -0.4 is 15.1 Å². The number of rotatable bonds is 5. The quantitative estimate of drug-likeness (QED) is 0.599. The molecule has 0 bridgehead atoms. The number of amides is 1. The molecule has 170 valence electrons. The number of hydrogen-bond donors (Lipinski definition) is 1. The molecule has 32 heavy (non-hydrogen) atoms. The molecular formula is C21H22ClFN4O2S3. The van der Waals surface area contributed by atoms with Crippen LogP contribution in [0.3, 0.4) is 0 Å². The van der Waals surface area contributed by atoms with Gasteiger partial charge >= 0.3 is 6.09 Å². The van der Waals surface area contributed by atoms with Crippen molar-refractivity contribution in [2.75, 3.05) is 49.1 Å². The molecule has 4 rings (SSSR count). The van der Waals surface area contributed by atoms with Crippen LogP contribution in [0.1, 0.15) is 11.8 Å². The lowest BCUT2D eigenvalue weighted by Gasteiger charge is -2.37. The van der Waals surface area contributed by atoms with E-state index in [9.17, 15) is 9.18 Å². The molecular weight excluding hydrogens is 491 g/mol. The zero-order valence-corrected chi connectivity index (χ0v) is 20.6. The van der Waals surface area contributed by atoms with Gasteiger partial charge in [-0.05, 0) is 37.3 Å². The Morgan fingerprint density at radius 1 is 1.25 bits per heavy atom. The maximum atomic E-state index is 15.0. The summed E-state index contributed by atoms with van der Waals surface area (Å²) in [4.78, 5) is 20.2. The summed E-state index contributed by atoms with van der Waals surface area (Å²) < 4.78 is 21.0. The van der Waals surface area contributed by atoms with Crippen molar-refractivity contribution in [2.45, 2.75) is 13.0 Å². The predicted octanol–water partition coefficient (Wildman–Crippen LogP) is 4.30. The minimum atomic E-state index is -0.484. The third-order valence-electron chi connectivity index (χ3n) is 5.39. The van der Waals surface area contributed by atoms with E-state index in [1.807, 2.05) is 17.0 Å². The fourth-order valence-electron chi connectivity index (χ4n) is 3.75. The summed E-state index contributed by atoms with van der Waals surface area (Å²) >= 11 is 18.1. The number of cyclic esters (lactones) is 1. The van der Waals surface area contributed by atoms with Gasteiger partial charge in [-0.3, -0.25) is 4.90 Å². The van der Waals surface area contributed by atoms with Gasteiger partial charge in [-0.25, -0.2) is 9.18 Å². The van der Waals surface area contributed by atoms with E-state index in [1.165, 1.54) is 22.3 Å². The molecule has 2 aromatic rings. The molecule has 2 saturated heterocycles. The van der Waals surface area contributed by atoms with Crippen molar-refractivity contribution in [3.05, 3.63) is 45.4 Å². The lowest BCUT2D eigenvalue weighted by Crippen LogP contribution is -2.48. The predicted molar refractivity (Wildman–Crippen MR) is 135 cm³/mol. The second-order valence-electron chi connectivity index (χ2n) is 7.57. The third kappa shape index (κ3) is 5.14. The Balaban J connectivity index is 1.37. The van der Waals surface area contributed by atoms with Crippen molar-refractivity contribution in [3.8, 4) is 0 Å². The van der Waals surface area contributed by atoms with Gasteiger partial charge in [-0.1, -0.05) is 36.0 Å². The smallest absolute Gasteiger partial charge is 0.414 e. The number of halogens is 2. The molecule has 1 N–H and O–H groups in total. The summed E-state index contributed by atoms with van der Waals surface area (Å²) in [6.07, 6.45) is -0.819. The van der Waals surface area contributed by atoms with Crippen LogP contribution in [0.5, 0.6) is 0 Å². The van der Waals surface area contributed by atoms with E-state index in [-0.39, 0.29) is 11.9 Å². The monoisotopic (exact) mass is 512 g/mol. The molecule has 1 atom stereocenters. The van der Waals surface area contributed by atoms with E-state index in [4.69, 9.17) is 40.8 Å². The molecule has 0 aliphatic carbocycles. The van der Waals surface area contributed by atoms with Gasteiger partial charge in [0.1, 0.15) is 16.9 Å². The number of piperazine rings is 1. The van der Waals surface area contributed by atoms with Gasteiger partial charge in [0, 0.05) is 26.2 Å². The fraction of sp³-hybridized carbons (Fsp3) is 0.381. The zero-order chi connectivity index (χ0) is 22.8. The van der Waals surface area contributed by atoms with Crippen LogP contribution in [0.4, 0.5) is 20.6 Å². The number of thiocarbonyl (C=S) groups is 2. The minimum absolute atomic E-state index is 0.335. The fourth-order valence-corrected chi connectivity index (χ4v) is 5.22. The molecule has 1 unspecified atom stereocenters. The summed E-state index contributed by atoms with van der Waals surface area (Å²) in [7, 11) is 0. The van der Waals surface area contributed by atoms with Gasteiger partial charge < -0.3 is 19.9 Å². The molecule has 1 amide bonds. The zero-order valence-electron chi connectivity index (χ0n) is 17.3. The first-order valence-electron chi connectivity index (χ1n) is 10.1. The van der Waals surface area contributed by atoms with Crippen molar-refractivity contribution < 1.29 is 13.9 Å². The normalized spacial score (nSPS) is 18.7. The highest BCUT2D eigenvalue weighted by molar-refractivity contribution is 7.81. The average Bonchev–Trinajstić information content (AvgIpc) is 3.37. The lowest BCUT2D eigenvalue weighted by atomic mass is 10.2. The van der Waals surface area contributed by atoms with Gasteiger partial charge in [-0.15, -0.1) is 11.3 Å². The van der Waals surface area contributed by atoms with Crippen molar-refractivity contribution in [1.29, 1.82) is 0 Å². The van der Waals surface area contributed by atoms with E-state index in [0.717, 1.165) is 9.87 Å². The molecule has 6 nitrogen and oxygen atoms in total. The third-order valence-corrected chi connectivity index (χ3v) is 7.38. The molecule has 2 fully saturated rings. The number of hydrogen-bond acceptors (Lipinski definition) is 6. The highest BCUT2D eigenvalue weighted by Crippen LogP contribution is 2.29. The molecule has 1 aromatic carbocycles. The second kappa shape index (κ2) is 9.86. The van der Waals surface area contributed by atoms with Gasteiger partial charge in [-0.2, -0.15) is 0 Å². The standard InChI is InChI=1S/C21H22ClFN4O2S3/c1-13(30)24-11-15-12-27(21(28)29-15)14-2-3-17(16(23)10-14)25-6-8-26(9-7-25)20(31)18-4-5-19(22)32-18/h2-5,10,15H,6-9,11-12H2,1H3,(H,24,30). The molecule has 0 radical (unpaired) electrons. The maximum Gasteiger partial charge on any atom is 0.414 e. The Morgan fingerprint density at radius 2 is 2.00 bits per heavy atom. The van der Waals surface area contributed by atoms with Crippen LogP contribution in [0, 0.1) is 5.82 Å². The van der Waals surface area contributed by atoms with Crippen molar-refractivity contribution in [1.82, 2.24) is 10.2 Å². The first-order valence-corrected chi connectivity index (χ1v) is 12.1. The number of thiophene rings is 1. The Morgan fingerprint density at radius 3 is 2.62 bits per heavy atom. The molecule has 2 aliphatic heterocycles. The number of ether oxygens (including phenoxy) is 1. The van der Waals surface area contributed by atoms with Crippen LogP contribution in [0.25, 0.3) is 0 Å². The highest BCUT2D eigenvalue weighted by Gasteiger charge is 2.33. The first kappa shape index (κ1) is 23.2. The summed E-state index contributed by atoms with van der Waals surface area (Å²) in [5.41, 5.74) is 0.993. The van der Waals surface area contributed by atoms with Crippen molar-refractivity contribution in [3.63, 3.8) is 0 Å². The molecule has 11 heteroatoms. The first-order chi connectivity index (χ1) is 15.3. The summed E-state index contributed by atoms with van der Waals surface area (Å²) in [5.74, 6) is -0.368. The highest BCUT2D eigenvalue weighted by atomic mass is 35.5. The summed E-state index contributed by atoms with van der Waals surface area (Å²) in [5, 5.41) is 2.99. The van der Waals surface area contributed by atoms with Gasteiger partial charge in [0.15, 0.2) is 0 Å². The lowest BCUT2D eigenvalue weighted by molar-refractivity contribution is 0.143. The minimum Gasteiger partial charge on any atom is -0.442 e. The summed E-state index contributed by atoms with van der Waals surface area (Å²) in [6.45, 7) is 5.23. The van der Waals surface area contributed by atoms with Crippen LogP contribution in [0.15, 0.2) is 30.3 Å². The van der Waals surface area contributed by atoms with Gasteiger partial charge in [0.05, 0.1) is 38.7 Å². The molecule has 3 heterocycles. The van der Waals surface area contributed by atoms with E-state index in [0.29, 0.717) is 60.0 Å². The molecule has 0 spiro atoms. The van der Waals surface area contributed by atoms with E-state index in [1.54, 1.807) is 19.1 Å². The van der Waals surface area contributed by atoms with Crippen LogP contribution in [0.2, 0.25) is 4.34 Å². The van der Waals surface area contributed by atoms with Crippen LogP contribution >= 0.6 is 47.4 Å². The Kier molecular flexibility index (Phi) is 7.14. The SMILES string of the molecule is CC(=S)NCC1CN(c2ccc(N3CCN(C(=S)c4ccc(Cl)s4)CC3)c(F)c2)C(=O)O1. The van der Waals surface area contributed by atoms with Crippen LogP contribution in [-0.4, -0.2) is 66.3 Å². The van der Waals surface area contributed by atoms with Crippen molar-refractivity contribution >= 4 is 74.8 Å². The Labute approximate surface area is 205 Å². The largest absolute Gasteiger partial charge is 0.442 e. The number of carbonyl (C=O) groups excluding carboxylic acids is 1. The Hall–Kier alpha value is -2.01. The number of nitrogens with one attached hydrogen (secondary N) is 1. The number of nitrogens with zero attached hydrogens (tertiary/aromatic N) is 3.